The molecule has 1 aromatic heterocycles. The van der Waals surface area contributed by atoms with Crippen LogP contribution in [0, 0.1) is 5.92 Å². The third kappa shape index (κ3) is 4.10. The molecule has 2 saturated heterocycles. The standard InChI is InChI=1S/C26H29N3O4/c1-2-3-13-32-18-9-6-8-17(15-18)25-22-23(20-11-4-5-12-21(20)30)27-28-24(22)26(31)29(25)16-19-10-7-14-33-19/h4-12,14-15,22-25,27-28,30H,2-3,13,16H2,1H3. The molecule has 1 amide bonds. The van der Waals surface area contributed by atoms with Crippen molar-refractivity contribution in [2.45, 2.75) is 44.4 Å². The monoisotopic (exact) mass is 447 g/mol. The predicted molar refractivity (Wildman–Crippen MR) is 123 cm³/mol. The van der Waals surface area contributed by atoms with Gasteiger partial charge in [-0.2, -0.15) is 0 Å². The van der Waals surface area contributed by atoms with Crippen molar-refractivity contribution in [1.82, 2.24) is 15.8 Å². The van der Waals surface area contributed by atoms with Crippen molar-refractivity contribution in [2.24, 2.45) is 5.92 Å². The van der Waals surface area contributed by atoms with Gasteiger partial charge in [-0.3, -0.25) is 4.79 Å². The number of hydrogen-bond donors (Lipinski definition) is 3. The van der Waals surface area contributed by atoms with Crippen LogP contribution in [0.3, 0.4) is 0 Å². The van der Waals surface area contributed by atoms with Crippen molar-refractivity contribution >= 4 is 5.91 Å². The molecule has 4 atom stereocenters. The molecular formula is C26H29N3O4. The number of aromatic hydroxyl groups is 1. The molecule has 7 heteroatoms. The van der Waals surface area contributed by atoms with Crippen LogP contribution in [0.15, 0.2) is 71.3 Å². The van der Waals surface area contributed by atoms with Crippen molar-refractivity contribution in [3.05, 3.63) is 83.8 Å². The number of fused-ring (bicyclic) bond motifs is 1. The number of hydrazine groups is 1. The minimum atomic E-state index is -0.417. The highest BCUT2D eigenvalue weighted by molar-refractivity contribution is 5.86. The number of nitrogens with one attached hydrogen (secondary N) is 2. The number of furan rings is 1. The normalized spacial score (nSPS) is 24.3. The number of phenolic OH excluding ortho intramolecular Hbond substituents is 1. The molecule has 33 heavy (non-hydrogen) atoms. The van der Waals surface area contributed by atoms with Gasteiger partial charge in [-0.1, -0.05) is 43.7 Å². The number of rotatable bonds is 8. The first-order chi connectivity index (χ1) is 16.2. The van der Waals surface area contributed by atoms with Crippen LogP contribution in [-0.2, 0) is 11.3 Å². The van der Waals surface area contributed by atoms with Gasteiger partial charge >= 0.3 is 0 Å². The van der Waals surface area contributed by atoms with Crippen molar-refractivity contribution in [1.29, 1.82) is 0 Å². The van der Waals surface area contributed by atoms with Gasteiger partial charge in [-0.25, -0.2) is 10.9 Å². The summed E-state index contributed by atoms with van der Waals surface area (Å²) in [6.07, 6.45) is 3.68. The summed E-state index contributed by atoms with van der Waals surface area (Å²) >= 11 is 0. The van der Waals surface area contributed by atoms with Crippen LogP contribution in [0.2, 0.25) is 0 Å². The first kappa shape index (κ1) is 21.6. The number of para-hydroxylation sites is 1. The van der Waals surface area contributed by atoms with E-state index in [1.165, 1.54) is 0 Å². The van der Waals surface area contributed by atoms with Gasteiger partial charge in [0.2, 0.25) is 5.91 Å². The number of hydrogen-bond acceptors (Lipinski definition) is 6. The molecule has 5 rings (SSSR count). The van der Waals surface area contributed by atoms with Crippen LogP contribution in [0.4, 0.5) is 0 Å². The number of amides is 1. The molecule has 2 aromatic carbocycles. The van der Waals surface area contributed by atoms with E-state index in [9.17, 15) is 9.90 Å². The fourth-order valence-corrected chi connectivity index (χ4v) is 4.99. The van der Waals surface area contributed by atoms with Gasteiger partial charge in [0.1, 0.15) is 23.3 Å². The number of phenols is 1. The lowest BCUT2D eigenvalue weighted by molar-refractivity contribution is -0.131. The molecule has 0 saturated carbocycles. The molecule has 0 spiro atoms. The maximum atomic E-state index is 13.5. The average Bonchev–Trinajstić information content (AvgIpc) is 3.54. The highest BCUT2D eigenvalue weighted by Crippen LogP contribution is 2.49. The number of nitrogens with zero attached hydrogens (tertiary/aromatic N) is 1. The van der Waals surface area contributed by atoms with E-state index in [1.54, 1.807) is 18.4 Å². The van der Waals surface area contributed by atoms with E-state index < -0.39 is 6.04 Å². The predicted octanol–water partition coefficient (Wildman–Crippen LogP) is 4.08. The van der Waals surface area contributed by atoms with Gasteiger partial charge in [0.25, 0.3) is 0 Å². The molecular weight excluding hydrogens is 418 g/mol. The summed E-state index contributed by atoms with van der Waals surface area (Å²) in [6, 6.07) is 18.1. The Balaban J connectivity index is 1.53. The lowest BCUT2D eigenvalue weighted by Crippen LogP contribution is -2.41. The summed E-state index contributed by atoms with van der Waals surface area (Å²) in [7, 11) is 0. The zero-order chi connectivity index (χ0) is 22.8. The van der Waals surface area contributed by atoms with Gasteiger partial charge in [0.05, 0.1) is 31.5 Å². The SMILES string of the molecule is CCCCOc1cccc(C2C3C(NNC3c3ccccc3O)C(=O)N2Cc2ccco2)c1. The first-order valence-electron chi connectivity index (χ1n) is 11.5. The summed E-state index contributed by atoms with van der Waals surface area (Å²) in [5, 5.41) is 10.6. The van der Waals surface area contributed by atoms with Crippen LogP contribution < -0.4 is 15.6 Å². The second-order valence-electron chi connectivity index (χ2n) is 8.65. The van der Waals surface area contributed by atoms with Crippen LogP contribution >= 0.6 is 0 Å². The van der Waals surface area contributed by atoms with Gasteiger partial charge in [0.15, 0.2) is 0 Å². The van der Waals surface area contributed by atoms with Crippen LogP contribution in [0.25, 0.3) is 0 Å². The average molecular weight is 448 g/mol. The molecule has 2 fully saturated rings. The van der Waals surface area contributed by atoms with E-state index in [-0.39, 0.29) is 29.7 Å². The molecule has 3 N–H and O–H groups in total. The molecule has 172 valence electrons. The van der Waals surface area contributed by atoms with Gasteiger partial charge in [-0.15, -0.1) is 0 Å². The summed E-state index contributed by atoms with van der Waals surface area (Å²) < 4.78 is 11.5. The van der Waals surface area contributed by atoms with Crippen molar-refractivity contribution in [3.8, 4) is 11.5 Å². The van der Waals surface area contributed by atoms with E-state index >= 15 is 0 Å². The Morgan fingerprint density at radius 2 is 1.91 bits per heavy atom. The quantitative estimate of drug-likeness (QED) is 0.451. The maximum Gasteiger partial charge on any atom is 0.242 e. The molecule has 0 radical (unpaired) electrons. The van der Waals surface area contributed by atoms with Crippen LogP contribution in [-0.4, -0.2) is 28.6 Å². The van der Waals surface area contributed by atoms with Crippen molar-refractivity contribution in [2.75, 3.05) is 6.61 Å². The molecule has 4 unspecified atom stereocenters. The second kappa shape index (κ2) is 9.29. The van der Waals surface area contributed by atoms with Crippen molar-refractivity contribution < 1.29 is 19.1 Å². The Morgan fingerprint density at radius 1 is 1.06 bits per heavy atom. The van der Waals surface area contributed by atoms with E-state index in [2.05, 4.69) is 17.8 Å². The first-order valence-corrected chi connectivity index (χ1v) is 11.5. The smallest absolute Gasteiger partial charge is 0.242 e. The third-order valence-corrected chi connectivity index (χ3v) is 6.56. The number of carbonyl (C=O) groups excluding carboxylic acids is 1. The van der Waals surface area contributed by atoms with Crippen molar-refractivity contribution in [3.63, 3.8) is 0 Å². The zero-order valence-electron chi connectivity index (χ0n) is 18.6. The minimum absolute atomic E-state index is 0.00382. The van der Waals surface area contributed by atoms with E-state index in [0.29, 0.717) is 13.2 Å². The topological polar surface area (TPSA) is 87.0 Å². The van der Waals surface area contributed by atoms with Crippen LogP contribution in [0.5, 0.6) is 11.5 Å². The number of likely N-dealkylation sites (tertiary alicyclic amines) is 1. The Bertz CT molecular complexity index is 1100. The molecule has 0 aliphatic carbocycles. The molecule has 0 bridgehead atoms. The fourth-order valence-electron chi connectivity index (χ4n) is 4.99. The summed E-state index contributed by atoms with van der Waals surface area (Å²) in [5.74, 6) is 1.61. The Kier molecular flexibility index (Phi) is 6.07. The lowest BCUT2D eigenvalue weighted by Gasteiger charge is -2.31. The minimum Gasteiger partial charge on any atom is -0.508 e. The summed E-state index contributed by atoms with van der Waals surface area (Å²) in [6.45, 7) is 3.17. The van der Waals surface area contributed by atoms with E-state index in [0.717, 1.165) is 35.5 Å². The zero-order valence-corrected chi connectivity index (χ0v) is 18.6. The Morgan fingerprint density at radius 3 is 2.70 bits per heavy atom. The highest BCUT2D eigenvalue weighted by Gasteiger charge is 2.56. The van der Waals surface area contributed by atoms with Gasteiger partial charge in [0, 0.05) is 11.5 Å². The van der Waals surface area contributed by atoms with E-state index in [4.69, 9.17) is 9.15 Å². The third-order valence-electron chi connectivity index (χ3n) is 6.56. The highest BCUT2D eigenvalue weighted by atomic mass is 16.5. The molecule has 2 aliphatic rings. The second-order valence-corrected chi connectivity index (χ2v) is 8.65. The van der Waals surface area contributed by atoms with Crippen LogP contribution in [0.1, 0.15) is 48.7 Å². The summed E-state index contributed by atoms with van der Waals surface area (Å²) in [4.78, 5) is 15.4. The number of benzene rings is 2. The molecule has 3 aromatic rings. The maximum absolute atomic E-state index is 13.5. The number of ether oxygens (including phenoxy) is 1. The fraction of sp³-hybridized carbons (Fsp3) is 0.346. The largest absolute Gasteiger partial charge is 0.508 e. The van der Waals surface area contributed by atoms with E-state index in [1.807, 2.05) is 53.4 Å². The Labute approximate surface area is 193 Å². The number of unbranched alkanes of at least 4 members (excludes halogenated alkanes) is 1. The molecule has 2 aliphatic heterocycles. The molecule has 3 heterocycles. The summed E-state index contributed by atoms with van der Waals surface area (Å²) in [5.41, 5.74) is 8.24. The van der Waals surface area contributed by atoms with Gasteiger partial charge in [-0.05, 0) is 42.3 Å². The van der Waals surface area contributed by atoms with Gasteiger partial charge < -0.3 is 19.2 Å². The lowest BCUT2D eigenvalue weighted by atomic mass is 9.83. The number of carbonyl (C=O) groups is 1. The molecule has 7 nitrogen and oxygen atoms in total. The Hall–Kier alpha value is -3.29.